The van der Waals surface area contributed by atoms with Crippen LogP contribution in [0.1, 0.15) is 11.7 Å². The van der Waals surface area contributed by atoms with Crippen LogP contribution >= 0.6 is 0 Å². The highest BCUT2D eigenvalue weighted by molar-refractivity contribution is 5.25. The Morgan fingerprint density at radius 3 is 2.77 bits per heavy atom. The van der Waals surface area contributed by atoms with Gasteiger partial charge in [-0.2, -0.15) is 0 Å². The molecule has 4 atom stereocenters. The first kappa shape index (κ1) is 7.29. The second-order valence-electron chi connectivity index (χ2n) is 3.46. The van der Waals surface area contributed by atoms with Crippen LogP contribution in [-0.2, 0) is 4.74 Å². The molecule has 4 nitrogen and oxygen atoms in total. The number of hydrogen-bond donors (Lipinski definition) is 1. The number of hydrogen-bond acceptors (Lipinski definition) is 4. The molecule has 0 spiro atoms. The van der Waals surface area contributed by atoms with Crippen LogP contribution in [0.5, 0.6) is 0 Å². The normalized spacial score (nSPS) is 41.6. The first-order chi connectivity index (χ1) is 6.36. The van der Waals surface area contributed by atoms with Crippen LogP contribution in [-0.4, -0.2) is 23.2 Å². The fraction of sp³-hybridized carbons (Fsp3) is 0.444. The first-order valence-electron chi connectivity index (χ1n) is 4.34. The summed E-state index contributed by atoms with van der Waals surface area (Å²) in [6, 6.07) is 0.00273. The molecular formula is C9H10N2O2. The summed E-state index contributed by atoms with van der Waals surface area (Å²) in [7, 11) is 0. The quantitative estimate of drug-likeness (QED) is 0.633. The van der Waals surface area contributed by atoms with Gasteiger partial charge in [0.2, 0.25) is 0 Å². The maximum atomic E-state index is 5.99. The number of fused-ring (bicyclic) bond motifs is 2. The second kappa shape index (κ2) is 2.43. The minimum Gasteiger partial charge on any atom is -0.448 e. The Balaban J connectivity index is 1.98. The fourth-order valence-electron chi connectivity index (χ4n) is 2.08. The van der Waals surface area contributed by atoms with Gasteiger partial charge in [-0.3, -0.25) is 0 Å². The van der Waals surface area contributed by atoms with Crippen LogP contribution in [0.15, 0.2) is 29.2 Å². The highest BCUT2D eigenvalue weighted by Crippen LogP contribution is 2.39. The monoisotopic (exact) mass is 178 g/mol. The molecule has 1 fully saturated rings. The molecule has 4 heteroatoms. The second-order valence-corrected chi connectivity index (χ2v) is 3.46. The zero-order chi connectivity index (χ0) is 8.84. The van der Waals surface area contributed by atoms with Crippen molar-refractivity contribution in [3.63, 3.8) is 0 Å². The smallest absolute Gasteiger partial charge is 0.180 e. The van der Waals surface area contributed by atoms with E-state index in [1.165, 1.54) is 6.39 Å². The Bertz CT molecular complexity index is 333. The van der Waals surface area contributed by atoms with E-state index in [0.717, 1.165) is 5.76 Å². The lowest BCUT2D eigenvalue weighted by Gasteiger charge is -2.18. The van der Waals surface area contributed by atoms with Crippen molar-refractivity contribution in [1.29, 1.82) is 0 Å². The van der Waals surface area contributed by atoms with Gasteiger partial charge in [-0.15, -0.1) is 0 Å². The highest BCUT2D eigenvalue weighted by atomic mass is 16.5. The molecule has 1 aromatic rings. The van der Waals surface area contributed by atoms with Gasteiger partial charge in [0, 0.05) is 6.04 Å². The summed E-state index contributed by atoms with van der Waals surface area (Å²) < 4.78 is 10.8. The van der Waals surface area contributed by atoms with Crippen LogP contribution in [0, 0.1) is 0 Å². The summed E-state index contributed by atoms with van der Waals surface area (Å²) in [5.41, 5.74) is 5.99. The zero-order valence-electron chi connectivity index (χ0n) is 6.96. The lowest BCUT2D eigenvalue weighted by atomic mass is 9.88. The van der Waals surface area contributed by atoms with E-state index in [0.29, 0.717) is 0 Å². The predicted octanol–water partition coefficient (Wildman–Crippen LogP) is 0.423. The number of nitrogens with zero attached hydrogens (tertiary/aromatic N) is 1. The van der Waals surface area contributed by atoms with E-state index in [2.05, 4.69) is 4.98 Å². The highest BCUT2D eigenvalue weighted by Gasteiger charge is 2.46. The van der Waals surface area contributed by atoms with Gasteiger partial charge in [0.25, 0.3) is 0 Å². The molecule has 0 radical (unpaired) electrons. The standard InChI is InChI=1S/C9H10N2O2/c10-9-6-2-1-5(13-6)8(9)7-3-11-4-12-7/h1-6,8-9H,10H2. The van der Waals surface area contributed by atoms with E-state index in [9.17, 15) is 0 Å². The van der Waals surface area contributed by atoms with E-state index in [4.69, 9.17) is 14.9 Å². The van der Waals surface area contributed by atoms with Gasteiger partial charge in [0.05, 0.1) is 24.3 Å². The van der Waals surface area contributed by atoms with Gasteiger partial charge < -0.3 is 14.9 Å². The van der Waals surface area contributed by atoms with Crippen molar-refractivity contribution < 1.29 is 9.15 Å². The average molecular weight is 178 g/mol. The fourth-order valence-corrected chi connectivity index (χ4v) is 2.08. The molecule has 2 aliphatic heterocycles. The Kier molecular flexibility index (Phi) is 1.36. The predicted molar refractivity (Wildman–Crippen MR) is 45.0 cm³/mol. The Morgan fingerprint density at radius 2 is 2.15 bits per heavy atom. The summed E-state index contributed by atoms with van der Waals surface area (Å²) in [6.45, 7) is 0. The molecule has 0 aliphatic carbocycles. The molecule has 3 heterocycles. The lowest BCUT2D eigenvalue weighted by Crippen LogP contribution is -2.35. The minimum absolute atomic E-state index is 0.00273. The van der Waals surface area contributed by atoms with Gasteiger partial charge >= 0.3 is 0 Å². The maximum absolute atomic E-state index is 5.99. The Morgan fingerprint density at radius 1 is 1.31 bits per heavy atom. The number of rotatable bonds is 1. The molecule has 0 saturated carbocycles. The van der Waals surface area contributed by atoms with Gasteiger partial charge in [0.15, 0.2) is 6.39 Å². The molecule has 4 unspecified atom stereocenters. The molecular weight excluding hydrogens is 168 g/mol. The molecule has 2 N–H and O–H groups in total. The third-order valence-electron chi connectivity index (χ3n) is 2.73. The lowest BCUT2D eigenvalue weighted by molar-refractivity contribution is 0.112. The van der Waals surface area contributed by atoms with Crippen molar-refractivity contribution in [2.45, 2.75) is 24.2 Å². The molecule has 13 heavy (non-hydrogen) atoms. The van der Waals surface area contributed by atoms with Crippen molar-refractivity contribution >= 4 is 0 Å². The molecule has 0 amide bonds. The zero-order valence-corrected chi connectivity index (χ0v) is 6.96. The molecule has 1 aromatic heterocycles. The van der Waals surface area contributed by atoms with E-state index in [1.807, 2.05) is 12.2 Å². The van der Waals surface area contributed by atoms with Crippen LogP contribution < -0.4 is 5.73 Å². The van der Waals surface area contributed by atoms with Crippen LogP contribution in [0.2, 0.25) is 0 Å². The number of oxazole rings is 1. The van der Waals surface area contributed by atoms with Gasteiger partial charge in [-0.25, -0.2) is 4.98 Å². The summed E-state index contributed by atoms with van der Waals surface area (Å²) in [5.74, 6) is 0.960. The van der Waals surface area contributed by atoms with Gasteiger partial charge in [-0.1, -0.05) is 12.2 Å². The van der Waals surface area contributed by atoms with Gasteiger partial charge in [-0.05, 0) is 0 Å². The minimum atomic E-state index is 0.00273. The molecule has 2 aliphatic rings. The Labute approximate surface area is 75.4 Å². The van der Waals surface area contributed by atoms with Crippen molar-refractivity contribution in [1.82, 2.24) is 4.98 Å². The van der Waals surface area contributed by atoms with E-state index < -0.39 is 0 Å². The molecule has 1 saturated heterocycles. The summed E-state index contributed by atoms with van der Waals surface area (Å²) in [6.07, 6.45) is 7.33. The van der Waals surface area contributed by atoms with Crippen molar-refractivity contribution in [2.24, 2.45) is 5.73 Å². The Hall–Kier alpha value is -1.13. The molecule has 0 aromatic carbocycles. The van der Waals surface area contributed by atoms with E-state index in [1.54, 1.807) is 6.20 Å². The SMILES string of the molecule is NC1C2C=CC(O2)C1c1cnco1. The molecule has 68 valence electrons. The number of aromatic nitrogens is 1. The van der Waals surface area contributed by atoms with E-state index in [-0.39, 0.29) is 24.2 Å². The maximum Gasteiger partial charge on any atom is 0.180 e. The molecule has 2 bridgehead atoms. The van der Waals surface area contributed by atoms with Crippen LogP contribution in [0.25, 0.3) is 0 Å². The molecule has 3 rings (SSSR count). The number of ether oxygens (including phenoxy) is 1. The van der Waals surface area contributed by atoms with Gasteiger partial charge in [0.1, 0.15) is 5.76 Å². The van der Waals surface area contributed by atoms with E-state index >= 15 is 0 Å². The largest absolute Gasteiger partial charge is 0.448 e. The summed E-state index contributed by atoms with van der Waals surface area (Å²) >= 11 is 0. The first-order valence-corrected chi connectivity index (χ1v) is 4.34. The summed E-state index contributed by atoms with van der Waals surface area (Å²) in [5, 5.41) is 0. The van der Waals surface area contributed by atoms with Crippen molar-refractivity contribution in [3.8, 4) is 0 Å². The topological polar surface area (TPSA) is 61.3 Å². The van der Waals surface area contributed by atoms with Crippen LogP contribution in [0.3, 0.4) is 0 Å². The van der Waals surface area contributed by atoms with Crippen LogP contribution in [0.4, 0.5) is 0 Å². The third kappa shape index (κ3) is 0.897. The third-order valence-corrected chi connectivity index (χ3v) is 2.73. The van der Waals surface area contributed by atoms with Crippen molar-refractivity contribution in [2.75, 3.05) is 0 Å². The summed E-state index contributed by atoms with van der Waals surface area (Å²) in [4.78, 5) is 3.88. The number of nitrogens with two attached hydrogens (primary N) is 1. The average Bonchev–Trinajstić information content (AvgIpc) is 2.76. The van der Waals surface area contributed by atoms with Crippen molar-refractivity contribution in [3.05, 3.63) is 30.5 Å².